The quantitative estimate of drug-likeness (QED) is 0.385. The van der Waals surface area contributed by atoms with Gasteiger partial charge in [-0.15, -0.1) is 11.3 Å². The molecule has 0 bridgehead atoms. The third-order valence-electron chi connectivity index (χ3n) is 4.90. The van der Waals surface area contributed by atoms with Gasteiger partial charge in [0.1, 0.15) is 0 Å². The average Bonchev–Trinajstić information content (AvgIpc) is 3.13. The second-order valence-corrected chi connectivity index (χ2v) is 8.93. The van der Waals surface area contributed by atoms with Crippen LogP contribution in [0.4, 0.5) is 0 Å². The number of carbonyl (C=O) groups excluding carboxylic acids is 1. The molecule has 0 aliphatic rings. The molecule has 0 N–H and O–H groups in total. The molecule has 1 aromatic heterocycles. The highest BCUT2D eigenvalue weighted by molar-refractivity contribution is 7.14. The van der Waals surface area contributed by atoms with Crippen molar-refractivity contribution in [1.82, 2.24) is 9.80 Å². The summed E-state index contributed by atoms with van der Waals surface area (Å²) < 4.78 is 0. The normalized spacial score (nSPS) is 12.1. The Hall–Kier alpha value is -0.870. The molecule has 1 heterocycles. The molecule has 0 aromatic carbocycles. The number of amides is 1. The van der Waals surface area contributed by atoms with Gasteiger partial charge in [0.25, 0.3) is 5.91 Å². The number of nitrogens with zero attached hydrogens (tertiary/aromatic N) is 2. The number of hydrogen-bond donors (Lipinski definition) is 0. The Morgan fingerprint density at radius 3 is 2.26 bits per heavy atom. The van der Waals surface area contributed by atoms with Crippen LogP contribution in [0.15, 0.2) is 12.1 Å². The van der Waals surface area contributed by atoms with E-state index in [0.29, 0.717) is 0 Å². The summed E-state index contributed by atoms with van der Waals surface area (Å²) in [7, 11) is 4.12. The van der Waals surface area contributed by atoms with Gasteiger partial charge in [-0.3, -0.25) is 4.79 Å². The van der Waals surface area contributed by atoms with Crippen LogP contribution in [-0.4, -0.2) is 48.9 Å². The predicted molar refractivity (Wildman–Crippen MR) is 122 cm³/mol. The third-order valence-corrected chi connectivity index (χ3v) is 6.03. The van der Waals surface area contributed by atoms with E-state index in [4.69, 9.17) is 0 Å². The van der Waals surface area contributed by atoms with Crippen LogP contribution in [0.5, 0.6) is 0 Å². The van der Waals surface area contributed by atoms with E-state index in [2.05, 4.69) is 45.7 Å². The van der Waals surface area contributed by atoms with E-state index in [1.807, 2.05) is 31.9 Å². The van der Waals surface area contributed by atoms with Crippen LogP contribution in [-0.2, 0) is 6.42 Å². The Bertz CT molecular complexity index is 498. The minimum atomic E-state index is 0.170. The van der Waals surface area contributed by atoms with Crippen LogP contribution in [0.2, 0.25) is 0 Å². The minimum absolute atomic E-state index is 0.170. The Balaban J connectivity index is 0.00000326. The largest absolute Gasteiger partial charge is 0.338 e. The van der Waals surface area contributed by atoms with Crippen molar-refractivity contribution in [2.45, 2.75) is 86.1 Å². The second-order valence-electron chi connectivity index (χ2n) is 7.76. The standard InChI is InChI=1S/C21H38N2OS.C2H6/c1-7-8-9-10-19-11-12-20(25-19)21(24)23(6)18(4)14-16-22(5)15-13-17(2)3;1-2/h11-12,17-18H,7-10,13-16H2,1-6H3;1-2H3. The van der Waals surface area contributed by atoms with Crippen LogP contribution in [0.3, 0.4) is 0 Å². The van der Waals surface area contributed by atoms with E-state index in [-0.39, 0.29) is 11.9 Å². The molecule has 1 atom stereocenters. The molecule has 0 aliphatic heterocycles. The van der Waals surface area contributed by atoms with Gasteiger partial charge in [0.2, 0.25) is 0 Å². The number of aryl methyl sites for hydroxylation is 1. The van der Waals surface area contributed by atoms with Gasteiger partial charge in [-0.1, -0.05) is 47.5 Å². The monoisotopic (exact) mass is 396 g/mol. The number of thiophene rings is 1. The highest BCUT2D eigenvalue weighted by Gasteiger charge is 2.19. The molecule has 27 heavy (non-hydrogen) atoms. The maximum Gasteiger partial charge on any atom is 0.263 e. The van der Waals surface area contributed by atoms with Gasteiger partial charge in [0, 0.05) is 18.0 Å². The van der Waals surface area contributed by atoms with Gasteiger partial charge in [-0.2, -0.15) is 0 Å². The van der Waals surface area contributed by atoms with E-state index >= 15 is 0 Å². The van der Waals surface area contributed by atoms with Crippen molar-refractivity contribution in [3.63, 3.8) is 0 Å². The molecule has 4 heteroatoms. The molecule has 0 spiro atoms. The summed E-state index contributed by atoms with van der Waals surface area (Å²) in [6, 6.07) is 4.40. The van der Waals surface area contributed by atoms with Crippen molar-refractivity contribution in [1.29, 1.82) is 0 Å². The molecule has 1 amide bonds. The highest BCUT2D eigenvalue weighted by atomic mass is 32.1. The molecule has 0 fully saturated rings. The van der Waals surface area contributed by atoms with Crippen LogP contribution in [0, 0.1) is 5.92 Å². The summed E-state index contributed by atoms with van der Waals surface area (Å²) in [5, 5.41) is 0. The van der Waals surface area contributed by atoms with Crippen molar-refractivity contribution in [2.75, 3.05) is 27.2 Å². The lowest BCUT2D eigenvalue weighted by molar-refractivity contribution is 0.0734. The van der Waals surface area contributed by atoms with Crippen LogP contribution >= 0.6 is 11.3 Å². The van der Waals surface area contributed by atoms with Gasteiger partial charge in [-0.25, -0.2) is 0 Å². The maximum atomic E-state index is 12.7. The van der Waals surface area contributed by atoms with Crippen molar-refractivity contribution in [3.8, 4) is 0 Å². The van der Waals surface area contributed by atoms with E-state index in [9.17, 15) is 4.79 Å². The zero-order valence-electron chi connectivity index (χ0n) is 19.2. The molecule has 0 aliphatic carbocycles. The van der Waals surface area contributed by atoms with Crippen LogP contribution in [0.25, 0.3) is 0 Å². The molecule has 0 radical (unpaired) electrons. The van der Waals surface area contributed by atoms with Gasteiger partial charge in [0.05, 0.1) is 4.88 Å². The summed E-state index contributed by atoms with van der Waals surface area (Å²) in [4.78, 5) is 19.2. The number of carbonyl (C=O) groups is 1. The molecular weight excluding hydrogens is 352 g/mol. The lowest BCUT2D eigenvalue weighted by Crippen LogP contribution is -2.37. The van der Waals surface area contributed by atoms with E-state index < -0.39 is 0 Å². The van der Waals surface area contributed by atoms with E-state index in [0.717, 1.165) is 36.7 Å². The highest BCUT2D eigenvalue weighted by Crippen LogP contribution is 2.21. The predicted octanol–water partition coefficient (Wildman–Crippen LogP) is 6.34. The smallest absolute Gasteiger partial charge is 0.263 e. The number of unbranched alkanes of at least 4 members (excludes halogenated alkanes) is 2. The Kier molecular flexibility index (Phi) is 14.6. The maximum absolute atomic E-state index is 12.7. The van der Waals surface area contributed by atoms with Gasteiger partial charge in [0.15, 0.2) is 0 Å². The fourth-order valence-corrected chi connectivity index (χ4v) is 3.77. The Labute approximate surface area is 173 Å². The summed E-state index contributed by atoms with van der Waals surface area (Å²) in [6.45, 7) is 15.1. The first-order valence-corrected chi connectivity index (χ1v) is 11.7. The van der Waals surface area contributed by atoms with Crippen LogP contribution in [0.1, 0.15) is 88.2 Å². The summed E-state index contributed by atoms with van der Waals surface area (Å²) in [6.07, 6.45) is 7.08. The average molecular weight is 397 g/mol. The fourth-order valence-electron chi connectivity index (χ4n) is 2.74. The first-order valence-electron chi connectivity index (χ1n) is 10.9. The molecule has 158 valence electrons. The number of hydrogen-bond acceptors (Lipinski definition) is 3. The summed E-state index contributed by atoms with van der Waals surface area (Å²) in [5.74, 6) is 0.915. The minimum Gasteiger partial charge on any atom is -0.338 e. The lowest BCUT2D eigenvalue weighted by Gasteiger charge is -2.27. The van der Waals surface area contributed by atoms with Gasteiger partial charge >= 0.3 is 0 Å². The third kappa shape index (κ3) is 10.9. The first kappa shape index (κ1) is 26.1. The molecule has 0 saturated carbocycles. The zero-order valence-corrected chi connectivity index (χ0v) is 20.0. The van der Waals surface area contributed by atoms with Gasteiger partial charge in [-0.05, 0) is 70.8 Å². The van der Waals surface area contributed by atoms with Crippen molar-refractivity contribution in [2.24, 2.45) is 5.92 Å². The number of rotatable bonds is 12. The van der Waals surface area contributed by atoms with Crippen molar-refractivity contribution in [3.05, 3.63) is 21.9 Å². The van der Waals surface area contributed by atoms with Gasteiger partial charge < -0.3 is 9.80 Å². The zero-order chi connectivity index (χ0) is 20.8. The first-order chi connectivity index (χ1) is 12.8. The van der Waals surface area contributed by atoms with E-state index in [1.54, 1.807) is 11.3 Å². The lowest BCUT2D eigenvalue weighted by atomic mass is 10.1. The second kappa shape index (κ2) is 15.1. The SMILES string of the molecule is CC.CCCCCc1ccc(C(=O)N(C)C(C)CCN(C)CCC(C)C)s1. The molecule has 3 nitrogen and oxygen atoms in total. The molecule has 1 aromatic rings. The fraction of sp³-hybridized carbons (Fsp3) is 0.783. The topological polar surface area (TPSA) is 23.6 Å². The van der Waals surface area contributed by atoms with Crippen LogP contribution < -0.4 is 0 Å². The summed E-state index contributed by atoms with van der Waals surface area (Å²) >= 11 is 1.67. The Morgan fingerprint density at radius 1 is 1.04 bits per heavy atom. The van der Waals surface area contributed by atoms with E-state index in [1.165, 1.54) is 30.6 Å². The Morgan fingerprint density at radius 2 is 1.67 bits per heavy atom. The molecule has 1 unspecified atom stereocenters. The summed E-state index contributed by atoms with van der Waals surface area (Å²) in [5.41, 5.74) is 0. The molecular formula is C23H44N2OS. The van der Waals surface area contributed by atoms with Crippen molar-refractivity contribution < 1.29 is 4.79 Å². The molecule has 1 rings (SSSR count). The molecule has 0 saturated heterocycles. The van der Waals surface area contributed by atoms with Crippen molar-refractivity contribution >= 4 is 17.2 Å².